The highest BCUT2D eigenvalue weighted by molar-refractivity contribution is 5.92. The van der Waals surface area contributed by atoms with Crippen LogP contribution in [0.25, 0.3) is 0 Å². The standard InChI is InChI=1S/C11H18N2O2/c1-2-11(4-3-5-11)8-13-7-9(14)12-6-10(13)15/h2-8H2,1H3,(H,12,14). The first-order valence-corrected chi connectivity index (χ1v) is 5.70. The maximum absolute atomic E-state index is 11.6. The molecule has 0 unspecified atom stereocenters. The molecule has 1 saturated heterocycles. The molecule has 4 heteroatoms. The van der Waals surface area contributed by atoms with Crippen LogP contribution in [0.15, 0.2) is 0 Å². The van der Waals surface area contributed by atoms with Gasteiger partial charge < -0.3 is 10.2 Å². The van der Waals surface area contributed by atoms with Gasteiger partial charge in [-0.2, -0.15) is 0 Å². The molecule has 1 heterocycles. The van der Waals surface area contributed by atoms with Gasteiger partial charge in [-0.05, 0) is 24.7 Å². The summed E-state index contributed by atoms with van der Waals surface area (Å²) in [5, 5.41) is 2.57. The smallest absolute Gasteiger partial charge is 0.242 e. The van der Waals surface area contributed by atoms with Crippen LogP contribution in [0, 0.1) is 5.41 Å². The SMILES string of the molecule is CCC1(CN2CC(=O)NCC2=O)CCC1. The van der Waals surface area contributed by atoms with Crippen LogP contribution >= 0.6 is 0 Å². The summed E-state index contributed by atoms with van der Waals surface area (Å²) in [7, 11) is 0. The predicted molar refractivity (Wildman–Crippen MR) is 56.2 cm³/mol. The van der Waals surface area contributed by atoms with E-state index in [-0.39, 0.29) is 24.9 Å². The summed E-state index contributed by atoms with van der Waals surface area (Å²) in [6, 6.07) is 0. The molecular weight excluding hydrogens is 192 g/mol. The second-order valence-electron chi connectivity index (χ2n) is 4.73. The maximum Gasteiger partial charge on any atom is 0.242 e. The third-order valence-electron chi connectivity index (χ3n) is 3.81. The van der Waals surface area contributed by atoms with Gasteiger partial charge in [-0.1, -0.05) is 13.3 Å². The van der Waals surface area contributed by atoms with Crippen molar-refractivity contribution < 1.29 is 9.59 Å². The number of amides is 2. The van der Waals surface area contributed by atoms with E-state index in [0.29, 0.717) is 5.41 Å². The van der Waals surface area contributed by atoms with Crippen molar-refractivity contribution in [2.75, 3.05) is 19.6 Å². The van der Waals surface area contributed by atoms with Gasteiger partial charge in [0, 0.05) is 6.54 Å². The highest BCUT2D eigenvalue weighted by Crippen LogP contribution is 2.44. The van der Waals surface area contributed by atoms with Crippen molar-refractivity contribution in [1.29, 1.82) is 0 Å². The van der Waals surface area contributed by atoms with Crippen LogP contribution in [0.2, 0.25) is 0 Å². The van der Waals surface area contributed by atoms with Crippen LogP contribution in [-0.4, -0.2) is 36.3 Å². The quantitative estimate of drug-likeness (QED) is 0.738. The van der Waals surface area contributed by atoms with Gasteiger partial charge in [0.2, 0.25) is 11.8 Å². The molecule has 1 N–H and O–H groups in total. The number of piperazine rings is 1. The minimum Gasteiger partial charge on any atom is -0.345 e. The Bertz CT molecular complexity index is 279. The fourth-order valence-electron chi connectivity index (χ4n) is 2.45. The van der Waals surface area contributed by atoms with Crippen molar-refractivity contribution in [3.8, 4) is 0 Å². The molecule has 1 aliphatic heterocycles. The molecule has 0 radical (unpaired) electrons. The van der Waals surface area contributed by atoms with Gasteiger partial charge in [0.05, 0.1) is 13.1 Å². The first-order chi connectivity index (χ1) is 7.15. The average Bonchev–Trinajstić information content (AvgIpc) is 2.17. The lowest BCUT2D eigenvalue weighted by Crippen LogP contribution is -2.55. The largest absolute Gasteiger partial charge is 0.345 e. The van der Waals surface area contributed by atoms with Gasteiger partial charge >= 0.3 is 0 Å². The normalized spacial score (nSPS) is 24.7. The molecule has 1 saturated carbocycles. The minimum atomic E-state index is -0.0276. The molecule has 2 amide bonds. The van der Waals surface area contributed by atoms with E-state index in [4.69, 9.17) is 0 Å². The Balaban J connectivity index is 1.97. The number of rotatable bonds is 3. The number of carbonyl (C=O) groups excluding carboxylic acids is 2. The molecule has 4 nitrogen and oxygen atoms in total. The highest BCUT2D eigenvalue weighted by Gasteiger charge is 2.39. The van der Waals surface area contributed by atoms with Gasteiger partial charge in [-0.15, -0.1) is 0 Å². The zero-order chi connectivity index (χ0) is 10.9. The first-order valence-electron chi connectivity index (χ1n) is 5.70. The summed E-state index contributed by atoms with van der Waals surface area (Å²) in [4.78, 5) is 24.5. The number of nitrogens with zero attached hydrogens (tertiary/aromatic N) is 1. The van der Waals surface area contributed by atoms with Crippen LogP contribution in [0.4, 0.5) is 0 Å². The summed E-state index contributed by atoms with van der Waals surface area (Å²) in [6.45, 7) is 3.38. The van der Waals surface area contributed by atoms with Crippen molar-refractivity contribution in [2.24, 2.45) is 5.41 Å². The van der Waals surface area contributed by atoms with E-state index >= 15 is 0 Å². The number of carbonyl (C=O) groups is 2. The van der Waals surface area contributed by atoms with E-state index < -0.39 is 0 Å². The first kappa shape index (κ1) is 10.5. The summed E-state index contributed by atoms with van der Waals surface area (Å²) < 4.78 is 0. The Morgan fingerprint density at radius 2 is 2.13 bits per heavy atom. The molecule has 2 rings (SSSR count). The van der Waals surface area contributed by atoms with Gasteiger partial charge in [-0.25, -0.2) is 0 Å². The highest BCUT2D eigenvalue weighted by atomic mass is 16.2. The molecule has 2 fully saturated rings. The van der Waals surface area contributed by atoms with Crippen molar-refractivity contribution in [3.63, 3.8) is 0 Å². The van der Waals surface area contributed by atoms with E-state index in [1.165, 1.54) is 19.3 Å². The lowest BCUT2D eigenvalue weighted by Gasteiger charge is -2.45. The molecule has 15 heavy (non-hydrogen) atoms. The van der Waals surface area contributed by atoms with Crippen molar-refractivity contribution in [1.82, 2.24) is 10.2 Å². The van der Waals surface area contributed by atoms with E-state index in [2.05, 4.69) is 12.2 Å². The van der Waals surface area contributed by atoms with Crippen LogP contribution in [0.3, 0.4) is 0 Å². The second kappa shape index (κ2) is 3.83. The van der Waals surface area contributed by atoms with Gasteiger partial charge in [-0.3, -0.25) is 9.59 Å². The monoisotopic (exact) mass is 210 g/mol. The summed E-state index contributed by atoms with van der Waals surface area (Å²) >= 11 is 0. The summed E-state index contributed by atoms with van der Waals surface area (Å²) in [5.74, 6) is 0.0366. The number of nitrogens with one attached hydrogen (secondary N) is 1. The summed E-state index contributed by atoms with van der Waals surface area (Å²) in [5.41, 5.74) is 0.313. The van der Waals surface area contributed by atoms with Crippen molar-refractivity contribution in [2.45, 2.75) is 32.6 Å². The van der Waals surface area contributed by atoms with Gasteiger partial charge in [0.25, 0.3) is 0 Å². The van der Waals surface area contributed by atoms with E-state index in [0.717, 1.165) is 13.0 Å². The fourth-order valence-corrected chi connectivity index (χ4v) is 2.45. The van der Waals surface area contributed by atoms with E-state index in [1.54, 1.807) is 4.90 Å². The van der Waals surface area contributed by atoms with E-state index in [1.807, 2.05) is 0 Å². The van der Waals surface area contributed by atoms with Crippen LogP contribution in [0.1, 0.15) is 32.6 Å². The van der Waals surface area contributed by atoms with Crippen LogP contribution < -0.4 is 5.32 Å². The second-order valence-corrected chi connectivity index (χ2v) is 4.73. The lowest BCUT2D eigenvalue weighted by atomic mass is 9.66. The zero-order valence-electron chi connectivity index (χ0n) is 9.21. The molecule has 0 aromatic carbocycles. The average molecular weight is 210 g/mol. The van der Waals surface area contributed by atoms with Crippen molar-refractivity contribution >= 4 is 11.8 Å². The Morgan fingerprint density at radius 3 is 2.67 bits per heavy atom. The maximum atomic E-state index is 11.6. The Hall–Kier alpha value is -1.06. The molecule has 0 aromatic rings. The molecule has 0 bridgehead atoms. The molecule has 84 valence electrons. The number of hydrogen-bond donors (Lipinski definition) is 1. The van der Waals surface area contributed by atoms with Crippen LogP contribution in [-0.2, 0) is 9.59 Å². The molecule has 2 aliphatic rings. The molecule has 0 atom stereocenters. The molecule has 0 aromatic heterocycles. The lowest BCUT2D eigenvalue weighted by molar-refractivity contribution is -0.143. The third kappa shape index (κ3) is 1.98. The van der Waals surface area contributed by atoms with Crippen molar-refractivity contribution in [3.05, 3.63) is 0 Å². The molecular formula is C11H18N2O2. The van der Waals surface area contributed by atoms with Crippen LogP contribution in [0.5, 0.6) is 0 Å². The Labute approximate surface area is 90.0 Å². The topological polar surface area (TPSA) is 49.4 Å². The molecule has 1 aliphatic carbocycles. The Morgan fingerprint density at radius 1 is 1.40 bits per heavy atom. The summed E-state index contributed by atoms with van der Waals surface area (Å²) in [6.07, 6.45) is 4.78. The minimum absolute atomic E-state index is 0.0276. The van der Waals surface area contributed by atoms with Gasteiger partial charge in [0.15, 0.2) is 0 Å². The zero-order valence-corrected chi connectivity index (χ0v) is 9.21. The fraction of sp³-hybridized carbons (Fsp3) is 0.818. The Kier molecular flexibility index (Phi) is 2.67. The van der Waals surface area contributed by atoms with E-state index in [9.17, 15) is 9.59 Å². The predicted octanol–water partition coefficient (Wildman–Crippen LogP) is 0.525. The number of hydrogen-bond acceptors (Lipinski definition) is 2. The third-order valence-corrected chi connectivity index (χ3v) is 3.81. The van der Waals surface area contributed by atoms with Gasteiger partial charge in [0.1, 0.15) is 0 Å². The molecule has 0 spiro atoms.